The molecule has 1 aromatic heterocycles. The van der Waals surface area contributed by atoms with Crippen molar-refractivity contribution in [2.45, 2.75) is 13.3 Å². The van der Waals surface area contributed by atoms with Crippen LogP contribution in [0.1, 0.15) is 16.8 Å². The molecule has 124 valence electrons. The molecule has 0 aliphatic rings. The minimum Gasteiger partial charge on any atom is -0.493 e. The standard InChI is InChI=1S/C21H18N2O2/c1-15-13-19(20(14-22)21(24)23-15)17-7-9-18(10-8-17)25-12-11-16-5-3-2-4-6-16/h2-10,13H,11-12H2,1H3,(H,23,24). The Morgan fingerprint density at radius 2 is 1.80 bits per heavy atom. The number of benzene rings is 2. The molecule has 0 aliphatic carbocycles. The summed E-state index contributed by atoms with van der Waals surface area (Å²) in [5.74, 6) is 0.764. The molecule has 0 bridgehead atoms. The number of nitrogens with one attached hydrogen (secondary N) is 1. The average Bonchev–Trinajstić information content (AvgIpc) is 2.63. The summed E-state index contributed by atoms with van der Waals surface area (Å²) in [6, 6.07) is 21.4. The van der Waals surface area contributed by atoms with Crippen LogP contribution in [-0.2, 0) is 6.42 Å². The first-order chi connectivity index (χ1) is 12.2. The molecule has 4 heteroatoms. The average molecular weight is 330 g/mol. The van der Waals surface area contributed by atoms with Gasteiger partial charge in [0.05, 0.1) is 6.61 Å². The lowest BCUT2D eigenvalue weighted by atomic mass is 10.0. The predicted molar refractivity (Wildman–Crippen MR) is 97.6 cm³/mol. The SMILES string of the molecule is Cc1cc(-c2ccc(OCCc3ccccc3)cc2)c(C#N)c(=O)[nH]1. The number of hydrogen-bond acceptors (Lipinski definition) is 3. The molecule has 25 heavy (non-hydrogen) atoms. The van der Waals surface area contributed by atoms with E-state index < -0.39 is 0 Å². The Morgan fingerprint density at radius 3 is 2.48 bits per heavy atom. The highest BCUT2D eigenvalue weighted by atomic mass is 16.5. The second kappa shape index (κ2) is 7.50. The molecule has 1 heterocycles. The van der Waals surface area contributed by atoms with Gasteiger partial charge in [-0.25, -0.2) is 0 Å². The van der Waals surface area contributed by atoms with E-state index in [1.807, 2.05) is 54.6 Å². The van der Waals surface area contributed by atoms with E-state index in [-0.39, 0.29) is 11.1 Å². The van der Waals surface area contributed by atoms with Gasteiger partial charge in [-0.15, -0.1) is 0 Å². The fourth-order valence-corrected chi connectivity index (χ4v) is 2.69. The fourth-order valence-electron chi connectivity index (χ4n) is 2.69. The van der Waals surface area contributed by atoms with E-state index in [0.717, 1.165) is 23.4 Å². The Bertz CT molecular complexity index is 952. The first kappa shape index (κ1) is 16.5. The van der Waals surface area contributed by atoms with Gasteiger partial charge in [-0.1, -0.05) is 42.5 Å². The van der Waals surface area contributed by atoms with Crippen LogP contribution in [0.2, 0.25) is 0 Å². The Labute approximate surface area is 146 Å². The molecule has 3 rings (SSSR count). The molecule has 0 unspecified atom stereocenters. The summed E-state index contributed by atoms with van der Waals surface area (Å²) in [5.41, 5.74) is 3.18. The first-order valence-corrected chi connectivity index (χ1v) is 8.08. The Kier molecular flexibility index (Phi) is 4.96. The summed E-state index contributed by atoms with van der Waals surface area (Å²) >= 11 is 0. The summed E-state index contributed by atoms with van der Waals surface area (Å²) in [7, 11) is 0. The van der Waals surface area contributed by atoms with Crippen LogP contribution in [0.4, 0.5) is 0 Å². The molecule has 4 nitrogen and oxygen atoms in total. The first-order valence-electron chi connectivity index (χ1n) is 8.08. The molecular formula is C21H18N2O2. The van der Waals surface area contributed by atoms with Gasteiger partial charge >= 0.3 is 0 Å². The van der Waals surface area contributed by atoms with Gasteiger partial charge in [-0.05, 0) is 36.2 Å². The number of aromatic nitrogens is 1. The molecule has 0 radical (unpaired) electrons. The molecule has 0 saturated carbocycles. The van der Waals surface area contributed by atoms with Crippen molar-refractivity contribution in [3.05, 3.63) is 87.8 Å². The van der Waals surface area contributed by atoms with Crippen molar-refractivity contribution in [1.29, 1.82) is 5.26 Å². The number of nitrogens with zero attached hydrogens (tertiary/aromatic N) is 1. The third-order valence-electron chi connectivity index (χ3n) is 3.95. The van der Waals surface area contributed by atoms with Crippen molar-refractivity contribution in [2.24, 2.45) is 0 Å². The van der Waals surface area contributed by atoms with Crippen LogP contribution in [0.5, 0.6) is 5.75 Å². The van der Waals surface area contributed by atoms with Crippen molar-refractivity contribution in [2.75, 3.05) is 6.61 Å². The van der Waals surface area contributed by atoms with Crippen LogP contribution in [-0.4, -0.2) is 11.6 Å². The highest BCUT2D eigenvalue weighted by Gasteiger charge is 2.10. The number of pyridine rings is 1. The Balaban J connectivity index is 1.73. The van der Waals surface area contributed by atoms with E-state index in [1.54, 1.807) is 6.92 Å². The molecule has 0 spiro atoms. The lowest BCUT2D eigenvalue weighted by Crippen LogP contribution is -2.12. The predicted octanol–water partition coefficient (Wildman–Crippen LogP) is 3.84. The maximum Gasteiger partial charge on any atom is 0.266 e. The van der Waals surface area contributed by atoms with E-state index in [2.05, 4.69) is 17.1 Å². The maximum atomic E-state index is 11.9. The Hall–Kier alpha value is -3.32. The summed E-state index contributed by atoms with van der Waals surface area (Å²) in [4.78, 5) is 14.6. The van der Waals surface area contributed by atoms with Crippen LogP contribution in [0.15, 0.2) is 65.5 Å². The number of rotatable bonds is 5. The van der Waals surface area contributed by atoms with E-state index in [0.29, 0.717) is 12.2 Å². The van der Waals surface area contributed by atoms with Gasteiger partial charge in [0.25, 0.3) is 5.56 Å². The van der Waals surface area contributed by atoms with Crippen molar-refractivity contribution in [3.63, 3.8) is 0 Å². The van der Waals surface area contributed by atoms with Gasteiger partial charge in [0, 0.05) is 17.7 Å². The van der Waals surface area contributed by atoms with Gasteiger partial charge in [-0.3, -0.25) is 4.79 Å². The fraction of sp³-hybridized carbons (Fsp3) is 0.143. The molecule has 0 atom stereocenters. The zero-order valence-electron chi connectivity index (χ0n) is 14.0. The molecule has 1 N–H and O–H groups in total. The summed E-state index contributed by atoms with van der Waals surface area (Å²) in [6.45, 7) is 2.39. The minimum absolute atomic E-state index is 0.128. The van der Waals surface area contributed by atoms with Crippen molar-refractivity contribution in [1.82, 2.24) is 4.98 Å². The summed E-state index contributed by atoms with van der Waals surface area (Å²) in [6.07, 6.45) is 0.842. The minimum atomic E-state index is -0.360. The smallest absolute Gasteiger partial charge is 0.266 e. The number of ether oxygens (including phenoxy) is 1. The van der Waals surface area contributed by atoms with Crippen LogP contribution >= 0.6 is 0 Å². The molecule has 3 aromatic rings. The quantitative estimate of drug-likeness (QED) is 0.773. The third kappa shape index (κ3) is 3.96. The van der Waals surface area contributed by atoms with Gasteiger partial charge in [0.2, 0.25) is 0 Å². The number of hydrogen-bond donors (Lipinski definition) is 1. The molecule has 0 saturated heterocycles. The van der Waals surface area contributed by atoms with Crippen LogP contribution in [0, 0.1) is 18.3 Å². The number of H-pyrrole nitrogens is 1. The largest absolute Gasteiger partial charge is 0.493 e. The lowest BCUT2D eigenvalue weighted by molar-refractivity contribution is 0.322. The van der Waals surface area contributed by atoms with E-state index >= 15 is 0 Å². The van der Waals surface area contributed by atoms with Crippen LogP contribution in [0.25, 0.3) is 11.1 Å². The van der Waals surface area contributed by atoms with Gasteiger partial charge in [-0.2, -0.15) is 5.26 Å². The number of nitriles is 1. The van der Waals surface area contributed by atoms with Crippen molar-refractivity contribution >= 4 is 0 Å². The van der Waals surface area contributed by atoms with E-state index in [1.165, 1.54) is 5.56 Å². The number of aryl methyl sites for hydroxylation is 1. The van der Waals surface area contributed by atoms with Crippen molar-refractivity contribution in [3.8, 4) is 22.9 Å². The lowest BCUT2D eigenvalue weighted by Gasteiger charge is -2.09. The zero-order valence-corrected chi connectivity index (χ0v) is 14.0. The van der Waals surface area contributed by atoms with Crippen molar-refractivity contribution < 1.29 is 4.74 Å². The zero-order chi connectivity index (χ0) is 17.6. The van der Waals surface area contributed by atoms with Crippen LogP contribution < -0.4 is 10.3 Å². The molecular weight excluding hydrogens is 312 g/mol. The van der Waals surface area contributed by atoms with Gasteiger partial charge in [0.15, 0.2) is 0 Å². The maximum absolute atomic E-state index is 11.9. The topological polar surface area (TPSA) is 65.9 Å². The van der Waals surface area contributed by atoms with Gasteiger partial charge in [0.1, 0.15) is 17.4 Å². The molecule has 0 aliphatic heterocycles. The second-order valence-corrected chi connectivity index (χ2v) is 5.79. The third-order valence-corrected chi connectivity index (χ3v) is 3.95. The monoisotopic (exact) mass is 330 g/mol. The summed E-state index contributed by atoms with van der Waals surface area (Å²) in [5, 5.41) is 9.24. The van der Waals surface area contributed by atoms with E-state index in [9.17, 15) is 10.1 Å². The molecule has 0 fully saturated rings. The second-order valence-electron chi connectivity index (χ2n) is 5.79. The number of aromatic amines is 1. The molecule has 0 amide bonds. The summed E-state index contributed by atoms with van der Waals surface area (Å²) < 4.78 is 5.77. The molecule has 2 aromatic carbocycles. The Morgan fingerprint density at radius 1 is 1.08 bits per heavy atom. The van der Waals surface area contributed by atoms with Gasteiger partial charge < -0.3 is 9.72 Å². The highest BCUT2D eigenvalue weighted by Crippen LogP contribution is 2.24. The normalized spacial score (nSPS) is 10.2. The van der Waals surface area contributed by atoms with Crippen LogP contribution in [0.3, 0.4) is 0 Å². The highest BCUT2D eigenvalue weighted by molar-refractivity contribution is 5.70. The van der Waals surface area contributed by atoms with E-state index in [4.69, 9.17) is 4.74 Å².